The van der Waals surface area contributed by atoms with E-state index in [2.05, 4.69) is 0 Å². The quantitative estimate of drug-likeness (QED) is 0.458. The van der Waals surface area contributed by atoms with Gasteiger partial charge in [0.2, 0.25) is 0 Å². The first-order chi connectivity index (χ1) is 5.22. The second kappa shape index (κ2) is 6.94. The second-order valence-corrected chi connectivity index (χ2v) is 5.00. The standard InChI is InChI=1S/C6H8N2.Cl2I/c1-8-5-3-2-4-6(8)7;1-3-2/h2-5,7H,1H3;/q;-1/p+1. The number of nitrogens with two attached hydrogens (primary N) is 1. The molecule has 1 aromatic heterocycles. The number of rotatable bonds is 0. The van der Waals surface area contributed by atoms with Crippen molar-refractivity contribution in [2.24, 2.45) is 7.05 Å². The monoisotopic (exact) mass is 306 g/mol. The molecule has 0 saturated carbocycles. The predicted molar refractivity (Wildman–Crippen MR) is 43.7 cm³/mol. The fourth-order valence-electron chi connectivity index (χ4n) is 0.537. The van der Waals surface area contributed by atoms with Crippen LogP contribution in [0.25, 0.3) is 0 Å². The first-order valence-corrected chi connectivity index (χ1v) is 8.26. The zero-order valence-electron chi connectivity index (χ0n) is 5.97. The Morgan fingerprint density at radius 1 is 1.45 bits per heavy atom. The summed E-state index contributed by atoms with van der Waals surface area (Å²) in [7, 11) is 11.7. The topological polar surface area (TPSA) is 29.9 Å². The Kier molecular flexibility index (Phi) is 7.10. The van der Waals surface area contributed by atoms with Gasteiger partial charge in [0.1, 0.15) is 0 Å². The van der Waals surface area contributed by atoms with Gasteiger partial charge in [0, 0.05) is 6.07 Å². The van der Waals surface area contributed by atoms with E-state index in [1.165, 1.54) is 0 Å². The van der Waals surface area contributed by atoms with Gasteiger partial charge in [-0.3, -0.25) is 5.73 Å². The summed E-state index contributed by atoms with van der Waals surface area (Å²) >= 11 is -0.466. The Hall–Kier alpha value is 0.260. The van der Waals surface area contributed by atoms with Gasteiger partial charge < -0.3 is 0 Å². The first-order valence-electron chi connectivity index (χ1n) is 2.79. The van der Waals surface area contributed by atoms with Crippen molar-refractivity contribution in [3.8, 4) is 0 Å². The number of pyridine rings is 1. The third-order valence-electron chi connectivity index (χ3n) is 1.10. The average molecular weight is 307 g/mol. The normalized spacial score (nSPS) is 8.64. The Morgan fingerprint density at radius 3 is 2.27 bits per heavy atom. The van der Waals surface area contributed by atoms with E-state index in [9.17, 15) is 0 Å². The molecule has 1 heterocycles. The number of hydrogen-bond donors (Lipinski definition) is 1. The van der Waals surface area contributed by atoms with Crippen LogP contribution >= 0.6 is 17.8 Å². The summed E-state index contributed by atoms with van der Waals surface area (Å²) in [5.74, 6) is 0.785. The molecule has 1 aromatic rings. The van der Waals surface area contributed by atoms with Gasteiger partial charge in [-0.05, 0) is 6.07 Å². The van der Waals surface area contributed by atoms with Gasteiger partial charge in [-0.15, -0.1) is 0 Å². The summed E-state index contributed by atoms with van der Waals surface area (Å²) in [6, 6.07) is 5.71. The van der Waals surface area contributed by atoms with Crippen molar-refractivity contribution in [2.45, 2.75) is 0 Å². The van der Waals surface area contributed by atoms with Crippen molar-refractivity contribution in [1.82, 2.24) is 0 Å². The van der Waals surface area contributed by atoms with Crippen molar-refractivity contribution in [3.05, 3.63) is 24.4 Å². The van der Waals surface area contributed by atoms with Crippen molar-refractivity contribution in [3.63, 3.8) is 0 Å². The molecule has 11 heavy (non-hydrogen) atoms. The Labute approximate surface area is 84.0 Å². The fourth-order valence-corrected chi connectivity index (χ4v) is 0.537. The molecular formula is C6H9Cl2IN2. The van der Waals surface area contributed by atoms with Gasteiger partial charge in [-0.25, -0.2) is 4.57 Å². The van der Waals surface area contributed by atoms with Crippen LogP contribution in [0.4, 0.5) is 5.82 Å². The van der Waals surface area contributed by atoms with E-state index in [-0.39, 0.29) is 0 Å². The van der Waals surface area contributed by atoms with Crippen LogP contribution in [0.3, 0.4) is 0 Å². The van der Waals surface area contributed by atoms with Gasteiger partial charge in [-0.1, -0.05) is 6.07 Å². The minimum absolute atomic E-state index is 0.466. The van der Waals surface area contributed by atoms with Crippen LogP contribution < -0.4 is 29.2 Å². The van der Waals surface area contributed by atoms with E-state index in [1.54, 1.807) is 0 Å². The maximum atomic E-state index is 5.48. The first kappa shape index (κ1) is 11.3. The van der Waals surface area contributed by atoms with Gasteiger partial charge in [0.05, 0.1) is 13.2 Å². The summed E-state index contributed by atoms with van der Waals surface area (Å²) in [5, 5.41) is 0. The molecule has 2 N–H and O–H groups in total. The van der Waals surface area contributed by atoms with Crippen LogP contribution in [0.15, 0.2) is 24.4 Å². The van der Waals surface area contributed by atoms with Crippen molar-refractivity contribution >= 4 is 23.6 Å². The molecule has 5 heteroatoms. The molecule has 0 radical (unpaired) electrons. The van der Waals surface area contributed by atoms with E-state index >= 15 is 0 Å². The number of aromatic nitrogens is 1. The number of hydrogen-bond acceptors (Lipinski definition) is 1. The summed E-state index contributed by atoms with van der Waals surface area (Å²) in [6.45, 7) is 0. The molecule has 0 aliphatic rings. The zero-order chi connectivity index (χ0) is 8.69. The van der Waals surface area contributed by atoms with Gasteiger partial charge in [0.25, 0.3) is 5.82 Å². The molecule has 2 nitrogen and oxygen atoms in total. The van der Waals surface area contributed by atoms with Crippen molar-refractivity contribution < 1.29 is 23.5 Å². The molecule has 0 saturated heterocycles. The van der Waals surface area contributed by atoms with Crippen LogP contribution in [-0.2, 0) is 7.05 Å². The van der Waals surface area contributed by atoms with E-state index in [4.69, 9.17) is 23.6 Å². The predicted octanol–water partition coefficient (Wildman–Crippen LogP) is -1.52. The Morgan fingerprint density at radius 2 is 2.00 bits per heavy atom. The van der Waals surface area contributed by atoms with Crippen LogP contribution in [0, 0.1) is 0 Å². The van der Waals surface area contributed by atoms with E-state index in [1.807, 2.05) is 36.0 Å². The second-order valence-electron chi connectivity index (χ2n) is 1.79. The zero-order valence-corrected chi connectivity index (χ0v) is 9.64. The molecule has 0 bridgehead atoms. The van der Waals surface area contributed by atoms with Gasteiger partial charge in [-0.2, -0.15) is 0 Å². The molecule has 64 valence electrons. The summed E-state index contributed by atoms with van der Waals surface area (Å²) in [5.41, 5.74) is 5.48. The number of nitrogen functional groups attached to an aromatic ring is 1. The van der Waals surface area contributed by atoms with Crippen LogP contribution in [0.5, 0.6) is 0 Å². The van der Waals surface area contributed by atoms with Crippen LogP contribution in [0.1, 0.15) is 0 Å². The summed E-state index contributed by atoms with van der Waals surface area (Å²) in [4.78, 5) is 0. The van der Waals surface area contributed by atoms with E-state index < -0.39 is 18.9 Å². The molecular weight excluding hydrogens is 298 g/mol. The molecule has 0 amide bonds. The Balaban J connectivity index is 0.000000292. The SMILES string of the molecule is C[n+]1ccccc1N.Cl[I-]Cl. The third-order valence-corrected chi connectivity index (χ3v) is 1.10. The molecule has 0 spiro atoms. The molecule has 0 fully saturated rings. The van der Waals surface area contributed by atoms with Gasteiger partial charge >= 0.3 is 36.8 Å². The molecule has 0 aliphatic heterocycles. The number of anilines is 1. The number of halogens is 3. The average Bonchev–Trinajstić information content (AvgIpc) is 1.97. The molecule has 0 unspecified atom stereocenters. The summed E-state index contributed by atoms with van der Waals surface area (Å²) < 4.78 is 1.86. The number of nitrogens with zero attached hydrogens (tertiary/aromatic N) is 1. The van der Waals surface area contributed by atoms with E-state index in [0.29, 0.717) is 0 Å². The maximum absolute atomic E-state index is 5.48. The molecule has 0 aromatic carbocycles. The van der Waals surface area contributed by atoms with E-state index in [0.717, 1.165) is 5.82 Å². The van der Waals surface area contributed by atoms with Crippen LogP contribution in [0.2, 0.25) is 0 Å². The third kappa shape index (κ3) is 5.52. The fraction of sp³-hybridized carbons (Fsp3) is 0.167. The van der Waals surface area contributed by atoms with Gasteiger partial charge in [0.15, 0.2) is 0 Å². The van der Waals surface area contributed by atoms with Crippen molar-refractivity contribution in [1.29, 1.82) is 0 Å². The molecule has 0 atom stereocenters. The summed E-state index contributed by atoms with van der Waals surface area (Å²) in [6.07, 6.45) is 1.91. The number of aryl methyl sites for hydroxylation is 1. The Bertz CT molecular complexity index is 187. The minimum atomic E-state index is -0.466. The van der Waals surface area contributed by atoms with Crippen molar-refractivity contribution in [2.75, 3.05) is 5.73 Å². The molecule has 0 aliphatic carbocycles. The van der Waals surface area contributed by atoms with Crippen LogP contribution in [-0.4, -0.2) is 0 Å². The molecule has 1 rings (SSSR count).